The number of fused-ring (bicyclic) bond motifs is 1. The molecule has 7 nitrogen and oxygen atoms in total. The SMILES string of the molecule is O=c1[nH]c(NNC(Cl)Cl)nc2nccnc12. The van der Waals surface area contributed by atoms with Crippen LogP contribution in [-0.2, 0) is 0 Å². The smallest absolute Gasteiger partial charge is 0.280 e. The Morgan fingerprint density at radius 3 is 2.81 bits per heavy atom. The van der Waals surface area contributed by atoms with Gasteiger partial charge >= 0.3 is 0 Å². The molecule has 0 radical (unpaired) electrons. The van der Waals surface area contributed by atoms with E-state index in [0.717, 1.165) is 0 Å². The Morgan fingerprint density at radius 1 is 1.31 bits per heavy atom. The van der Waals surface area contributed by atoms with Crippen molar-refractivity contribution in [3.8, 4) is 0 Å². The maximum Gasteiger partial charge on any atom is 0.280 e. The van der Waals surface area contributed by atoms with Crippen LogP contribution in [0.4, 0.5) is 5.95 Å². The Balaban J connectivity index is 2.38. The molecule has 0 saturated carbocycles. The average Bonchev–Trinajstić information content (AvgIpc) is 2.26. The summed E-state index contributed by atoms with van der Waals surface area (Å²) in [5, 5.41) is 0. The molecule has 3 N–H and O–H groups in total. The van der Waals surface area contributed by atoms with Crippen LogP contribution in [0.25, 0.3) is 11.2 Å². The Morgan fingerprint density at radius 2 is 2.06 bits per heavy atom. The van der Waals surface area contributed by atoms with Crippen LogP contribution in [0.1, 0.15) is 0 Å². The first-order chi connectivity index (χ1) is 7.66. The van der Waals surface area contributed by atoms with E-state index in [1.54, 1.807) is 0 Å². The number of hydrogen-bond acceptors (Lipinski definition) is 6. The minimum Gasteiger partial charge on any atom is -0.290 e. The van der Waals surface area contributed by atoms with Crippen molar-refractivity contribution >= 4 is 40.3 Å². The molecule has 2 heterocycles. The molecule has 2 aromatic heterocycles. The molecule has 0 bridgehead atoms. The van der Waals surface area contributed by atoms with E-state index in [0.29, 0.717) is 0 Å². The second-order valence-electron chi connectivity index (χ2n) is 2.71. The topological polar surface area (TPSA) is 95.6 Å². The zero-order chi connectivity index (χ0) is 11.5. The molecule has 84 valence electrons. The molecule has 0 spiro atoms. The summed E-state index contributed by atoms with van der Waals surface area (Å²) in [6, 6.07) is 0. The summed E-state index contributed by atoms with van der Waals surface area (Å²) in [4.78, 5) is 24.9. The molecule has 0 aliphatic heterocycles. The van der Waals surface area contributed by atoms with E-state index < -0.39 is 10.5 Å². The van der Waals surface area contributed by atoms with Crippen molar-refractivity contribution in [3.05, 3.63) is 22.7 Å². The van der Waals surface area contributed by atoms with Gasteiger partial charge in [-0.3, -0.25) is 15.2 Å². The van der Waals surface area contributed by atoms with Gasteiger partial charge in [-0.05, 0) is 0 Å². The highest BCUT2D eigenvalue weighted by molar-refractivity contribution is 6.43. The fraction of sp³-hybridized carbons (Fsp3) is 0.143. The summed E-state index contributed by atoms with van der Waals surface area (Å²) in [6.07, 6.45) is 2.86. The number of alkyl halides is 2. The first-order valence-electron chi connectivity index (χ1n) is 4.17. The van der Waals surface area contributed by atoms with Crippen molar-refractivity contribution in [3.63, 3.8) is 0 Å². The van der Waals surface area contributed by atoms with E-state index in [9.17, 15) is 4.79 Å². The molecular weight excluding hydrogens is 255 g/mol. The van der Waals surface area contributed by atoms with Gasteiger partial charge in [-0.25, -0.2) is 15.4 Å². The zero-order valence-electron chi connectivity index (χ0n) is 7.74. The lowest BCUT2D eigenvalue weighted by molar-refractivity contribution is 0.865. The second-order valence-corrected chi connectivity index (χ2v) is 3.81. The van der Waals surface area contributed by atoms with Crippen molar-refractivity contribution in [2.45, 2.75) is 4.96 Å². The van der Waals surface area contributed by atoms with Crippen LogP contribution in [0.2, 0.25) is 0 Å². The number of aromatic nitrogens is 4. The molecule has 0 aliphatic rings. The van der Waals surface area contributed by atoms with E-state index in [4.69, 9.17) is 23.2 Å². The number of aromatic amines is 1. The Labute approximate surface area is 99.2 Å². The van der Waals surface area contributed by atoms with E-state index in [2.05, 4.69) is 30.8 Å². The van der Waals surface area contributed by atoms with Crippen LogP contribution in [0.5, 0.6) is 0 Å². The van der Waals surface area contributed by atoms with Crippen molar-refractivity contribution in [2.75, 3.05) is 5.43 Å². The Kier molecular flexibility index (Phi) is 3.18. The van der Waals surface area contributed by atoms with Crippen LogP contribution in [0, 0.1) is 0 Å². The maximum atomic E-state index is 11.5. The number of hydrogen-bond donors (Lipinski definition) is 3. The highest BCUT2D eigenvalue weighted by Crippen LogP contribution is 2.02. The van der Waals surface area contributed by atoms with Crippen molar-refractivity contribution in [2.24, 2.45) is 0 Å². The number of hydrazine groups is 1. The van der Waals surface area contributed by atoms with Gasteiger partial charge in [0.1, 0.15) is 0 Å². The summed E-state index contributed by atoms with van der Waals surface area (Å²) in [5.41, 5.74) is 4.98. The van der Waals surface area contributed by atoms with Gasteiger partial charge in [-0.15, -0.1) is 0 Å². The minimum atomic E-state index is -0.831. The van der Waals surface area contributed by atoms with Crippen LogP contribution in [0.3, 0.4) is 0 Å². The lowest BCUT2D eigenvalue weighted by Crippen LogP contribution is -2.28. The Bertz CT molecular complexity index is 556. The van der Waals surface area contributed by atoms with Gasteiger partial charge < -0.3 is 0 Å². The summed E-state index contributed by atoms with van der Waals surface area (Å²) >= 11 is 10.9. The fourth-order valence-electron chi connectivity index (χ4n) is 1.06. The first kappa shape index (κ1) is 11.1. The summed E-state index contributed by atoms with van der Waals surface area (Å²) in [5.74, 6) is 0.157. The quantitative estimate of drug-likeness (QED) is 0.420. The molecule has 0 saturated heterocycles. The van der Waals surface area contributed by atoms with Gasteiger partial charge in [0.2, 0.25) is 5.95 Å². The molecule has 0 aromatic carbocycles. The normalized spacial score (nSPS) is 10.9. The molecule has 16 heavy (non-hydrogen) atoms. The van der Waals surface area contributed by atoms with Crippen LogP contribution < -0.4 is 16.4 Å². The highest BCUT2D eigenvalue weighted by Gasteiger charge is 2.05. The van der Waals surface area contributed by atoms with E-state index in [1.807, 2.05) is 0 Å². The number of nitrogens with zero attached hydrogens (tertiary/aromatic N) is 3. The molecule has 0 atom stereocenters. The molecule has 2 aromatic rings. The Hall–Kier alpha value is -1.44. The van der Waals surface area contributed by atoms with Gasteiger partial charge in [-0.1, -0.05) is 23.2 Å². The third kappa shape index (κ3) is 2.38. The zero-order valence-corrected chi connectivity index (χ0v) is 9.25. The average molecular weight is 261 g/mol. The lowest BCUT2D eigenvalue weighted by atomic mass is 10.5. The predicted octanol–water partition coefficient (Wildman–Crippen LogP) is 0.391. The molecule has 0 fully saturated rings. The van der Waals surface area contributed by atoms with Crippen LogP contribution in [0.15, 0.2) is 17.2 Å². The molecule has 0 amide bonds. The van der Waals surface area contributed by atoms with Gasteiger partial charge in [0.25, 0.3) is 5.56 Å². The molecule has 0 unspecified atom stereocenters. The third-order valence-electron chi connectivity index (χ3n) is 1.64. The molecule has 2 rings (SSSR count). The molecule has 0 aliphatic carbocycles. The largest absolute Gasteiger partial charge is 0.290 e. The number of anilines is 1. The summed E-state index contributed by atoms with van der Waals surface area (Å²) < 4.78 is 0. The van der Waals surface area contributed by atoms with Gasteiger partial charge in [0.15, 0.2) is 16.1 Å². The van der Waals surface area contributed by atoms with E-state index in [1.165, 1.54) is 12.4 Å². The fourth-order valence-corrected chi connectivity index (χ4v) is 1.16. The van der Waals surface area contributed by atoms with Gasteiger partial charge in [0.05, 0.1) is 0 Å². The standard InChI is InChI=1S/C7H6Cl2N6O/c8-6(9)14-15-7-12-4-3(5(16)13-7)10-1-2-11-4/h1-2,6,14H,(H2,11,12,13,15,16). The number of H-pyrrole nitrogens is 1. The number of rotatable bonds is 3. The van der Waals surface area contributed by atoms with Crippen molar-refractivity contribution in [1.29, 1.82) is 0 Å². The van der Waals surface area contributed by atoms with E-state index in [-0.39, 0.29) is 17.1 Å². The summed E-state index contributed by atoms with van der Waals surface area (Å²) in [6.45, 7) is 0. The highest BCUT2D eigenvalue weighted by atomic mass is 35.5. The third-order valence-corrected chi connectivity index (χ3v) is 1.86. The lowest BCUT2D eigenvalue weighted by Gasteiger charge is -2.07. The first-order valence-corrected chi connectivity index (χ1v) is 5.05. The molecular formula is C7H6Cl2N6O. The van der Waals surface area contributed by atoms with Gasteiger partial charge in [0, 0.05) is 12.4 Å². The number of halogens is 2. The second kappa shape index (κ2) is 4.60. The van der Waals surface area contributed by atoms with Crippen molar-refractivity contribution in [1.82, 2.24) is 25.4 Å². The predicted molar refractivity (Wildman–Crippen MR) is 60.2 cm³/mol. The number of nitrogens with one attached hydrogen (secondary N) is 3. The van der Waals surface area contributed by atoms with E-state index >= 15 is 0 Å². The maximum absolute atomic E-state index is 11.5. The van der Waals surface area contributed by atoms with Crippen molar-refractivity contribution < 1.29 is 0 Å². The summed E-state index contributed by atoms with van der Waals surface area (Å²) in [7, 11) is 0. The monoisotopic (exact) mass is 260 g/mol. The molecule has 9 heteroatoms. The van der Waals surface area contributed by atoms with Gasteiger partial charge in [-0.2, -0.15) is 4.98 Å². The van der Waals surface area contributed by atoms with Crippen LogP contribution >= 0.6 is 23.2 Å². The minimum absolute atomic E-state index is 0.157. The van der Waals surface area contributed by atoms with Crippen LogP contribution in [-0.4, -0.2) is 24.9 Å².